The van der Waals surface area contributed by atoms with Gasteiger partial charge in [0.15, 0.2) is 6.54 Å². The second kappa shape index (κ2) is 8.62. The Bertz CT molecular complexity index is 620. The van der Waals surface area contributed by atoms with Gasteiger partial charge in [-0.2, -0.15) is 0 Å². The molecule has 2 amide bonds. The fourth-order valence-corrected chi connectivity index (χ4v) is 2.99. The van der Waals surface area contributed by atoms with Gasteiger partial charge in [0, 0.05) is 38.2 Å². The number of rotatable bonds is 5. The first-order valence-electron chi connectivity index (χ1n) is 8.43. The Kier molecular flexibility index (Phi) is 6.52. The van der Waals surface area contributed by atoms with E-state index in [-0.39, 0.29) is 23.7 Å². The number of likely N-dealkylation sites (tertiary alicyclic amines) is 1. The zero-order valence-electron chi connectivity index (χ0n) is 15.0. The molecule has 7 nitrogen and oxygen atoms in total. The molecule has 0 atom stereocenters. The maximum absolute atomic E-state index is 12.2. The Balaban J connectivity index is 1.81. The van der Waals surface area contributed by atoms with E-state index in [4.69, 9.17) is 4.74 Å². The first-order valence-corrected chi connectivity index (χ1v) is 8.43. The fourth-order valence-electron chi connectivity index (χ4n) is 2.99. The minimum atomic E-state index is -0.157. The van der Waals surface area contributed by atoms with E-state index in [9.17, 15) is 14.4 Å². The number of nitrogens with zero attached hydrogens (tertiary/aromatic N) is 1. The molecule has 0 radical (unpaired) electrons. The Hall–Kier alpha value is -2.41. The standard InChI is InChI=1S/C18H25N3O4/c1-20(2)17(23)13-4-6-15(7-5-13)19-16(22)12-21-10-8-14(9-11-21)18(24)25-3/h4-7,14H,8-12H2,1-3H3,(H,19,22)/p+1. The van der Waals surface area contributed by atoms with Crippen LogP contribution in [0.25, 0.3) is 0 Å². The van der Waals surface area contributed by atoms with Gasteiger partial charge >= 0.3 is 5.97 Å². The Labute approximate surface area is 147 Å². The van der Waals surface area contributed by atoms with E-state index in [1.807, 2.05) is 0 Å². The summed E-state index contributed by atoms with van der Waals surface area (Å²) in [5.74, 6) is -0.344. The second-order valence-corrected chi connectivity index (χ2v) is 6.55. The van der Waals surface area contributed by atoms with Crippen LogP contribution in [0.1, 0.15) is 23.2 Å². The van der Waals surface area contributed by atoms with Crippen molar-refractivity contribution < 1.29 is 24.0 Å². The summed E-state index contributed by atoms with van der Waals surface area (Å²) in [5, 5.41) is 2.85. The van der Waals surface area contributed by atoms with E-state index < -0.39 is 0 Å². The fraction of sp³-hybridized carbons (Fsp3) is 0.500. The Morgan fingerprint density at radius 3 is 2.28 bits per heavy atom. The summed E-state index contributed by atoms with van der Waals surface area (Å²) in [6.07, 6.45) is 1.49. The summed E-state index contributed by atoms with van der Waals surface area (Å²) in [6.45, 7) is 1.93. The zero-order chi connectivity index (χ0) is 18.4. The molecular formula is C18H26N3O4+. The number of methoxy groups -OCH3 is 1. The molecule has 136 valence electrons. The van der Waals surface area contributed by atoms with Crippen molar-refractivity contribution in [1.29, 1.82) is 0 Å². The van der Waals surface area contributed by atoms with Crippen molar-refractivity contribution in [3.8, 4) is 0 Å². The maximum atomic E-state index is 12.2. The SMILES string of the molecule is COC(=O)C1CC[NH+](CC(=O)Nc2ccc(C(=O)N(C)C)cc2)CC1. The summed E-state index contributed by atoms with van der Waals surface area (Å²) in [5.41, 5.74) is 1.25. The molecule has 0 saturated carbocycles. The molecule has 7 heteroatoms. The summed E-state index contributed by atoms with van der Waals surface area (Å²) >= 11 is 0. The molecule has 1 fully saturated rings. The number of anilines is 1. The van der Waals surface area contributed by atoms with Crippen molar-refractivity contribution in [1.82, 2.24) is 4.90 Å². The van der Waals surface area contributed by atoms with Gasteiger partial charge in [0.2, 0.25) is 0 Å². The number of esters is 1. The first-order chi connectivity index (χ1) is 11.9. The molecule has 1 heterocycles. The van der Waals surface area contributed by atoms with Gasteiger partial charge in [-0.1, -0.05) is 0 Å². The number of carbonyl (C=O) groups excluding carboxylic acids is 3. The summed E-state index contributed by atoms with van der Waals surface area (Å²) in [7, 11) is 4.81. The average molecular weight is 348 g/mol. The lowest BCUT2D eigenvalue weighted by Gasteiger charge is -2.27. The number of amides is 2. The van der Waals surface area contributed by atoms with E-state index in [2.05, 4.69) is 5.32 Å². The molecular weight excluding hydrogens is 322 g/mol. The highest BCUT2D eigenvalue weighted by atomic mass is 16.5. The van der Waals surface area contributed by atoms with Gasteiger partial charge < -0.3 is 19.9 Å². The van der Waals surface area contributed by atoms with Crippen LogP contribution in [0, 0.1) is 5.92 Å². The van der Waals surface area contributed by atoms with Crippen LogP contribution in [-0.4, -0.2) is 63.5 Å². The van der Waals surface area contributed by atoms with Crippen LogP contribution >= 0.6 is 0 Å². The molecule has 25 heavy (non-hydrogen) atoms. The summed E-state index contributed by atoms with van der Waals surface area (Å²) in [6, 6.07) is 6.86. The van der Waals surface area contributed by atoms with Crippen molar-refractivity contribution in [2.24, 2.45) is 5.92 Å². The topological polar surface area (TPSA) is 80.1 Å². The highest BCUT2D eigenvalue weighted by Gasteiger charge is 2.29. The number of nitrogens with one attached hydrogen (secondary N) is 2. The van der Waals surface area contributed by atoms with Gasteiger partial charge in [-0.15, -0.1) is 0 Å². The Morgan fingerprint density at radius 1 is 1.16 bits per heavy atom. The van der Waals surface area contributed by atoms with Gasteiger partial charge in [0.05, 0.1) is 26.1 Å². The van der Waals surface area contributed by atoms with Crippen molar-refractivity contribution in [2.45, 2.75) is 12.8 Å². The third kappa shape index (κ3) is 5.29. The third-order valence-electron chi connectivity index (χ3n) is 4.46. The highest BCUT2D eigenvalue weighted by Crippen LogP contribution is 2.12. The van der Waals surface area contributed by atoms with E-state index >= 15 is 0 Å². The lowest BCUT2D eigenvalue weighted by Crippen LogP contribution is -3.14. The van der Waals surface area contributed by atoms with Crippen molar-refractivity contribution in [3.05, 3.63) is 29.8 Å². The van der Waals surface area contributed by atoms with Gasteiger partial charge in [-0.25, -0.2) is 0 Å². The number of benzene rings is 1. The lowest BCUT2D eigenvalue weighted by atomic mass is 9.97. The highest BCUT2D eigenvalue weighted by molar-refractivity contribution is 5.95. The normalized spacial score (nSPS) is 19.8. The van der Waals surface area contributed by atoms with Crippen LogP contribution in [0.5, 0.6) is 0 Å². The molecule has 0 aromatic heterocycles. The molecule has 0 bridgehead atoms. The monoisotopic (exact) mass is 348 g/mol. The molecule has 2 N–H and O–H groups in total. The van der Waals surface area contributed by atoms with Crippen LogP contribution in [0.4, 0.5) is 5.69 Å². The average Bonchev–Trinajstić information content (AvgIpc) is 2.61. The van der Waals surface area contributed by atoms with Crippen LogP contribution in [0.2, 0.25) is 0 Å². The third-order valence-corrected chi connectivity index (χ3v) is 4.46. The van der Waals surface area contributed by atoms with Gasteiger partial charge in [-0.3, -0.25) is 14.4 Å². The smallest absolute Gasteiger partial charge is 0.309 e. The number of ether oxygens (including phenoxy) is 1. The number of piperidine rings is 1. The molecule has 0 unspecified atom stereocenters. The van der Waals surface area contributed by atoms with E-state index in [0.717, 1.165) is 30.8 Å². The predicted molar refractivity (Wildman–Crippen MR) is 93.4 cm³/mol. The summed E-state index contributed by atoms with van der Waals surface area (Å²) < 4.78 is 4.77. The van der Waals surface area contributed by atoms with Crippen molar-refractivity contribution in [3.63, 3.8) is 0 Å². The minimum absolute atomic E-state index is 0.0430. The summed E-state index contributed by atoms with van der Waals surface area (Å²) in [4.78, 5) is 38.2. The van der Waals surface area contributed by atoms with E-state index in [1.54, 1.807) is 38.4 Å². The van der Waals surface area contributed by atoms with Gasteiger partial charge in [0.25, 0.3) is 11.8 Å². The molecule has 1 saturated heterocycles. The molecule has 0 spiro atoms. The molecule has 2 rings (SSSR count). The quantitative estimate of drug-likeness (QED) is 0.722. The lowest BCUT2D eigenvalue weighted by molar-refractivity contribution is -0.897. The molecule has 0 aliphatic carbocycles. The number of hydrogen-bond donors (Lipinski definition) is 2. The Morgan fingerprint density at radius 2 is 1.76 bits per heavy atom. The van der Waals surface area contributed by atoms with Crippen LogP contribution in [0.3, 0.4) is 0 Å². The van der Waals surface area contributed by atoms with Crippen LogP contribution in [-0.2, 0) is 14.3 Å². The number of carbonyl (C=O) groups is 3. The predicted octanol–water partition coefficient (Wildman–Crippen LogP) is -0.205. The second-order valence-electron chi connectivity index (χ2n) is 6.55. The van der Waals surface area contributed by atoms with E-state index in [0.29, 0.717) is 17.8 Å². The number of quaternary nitrogens is 1. The number of hydrogen-bond acceptors (Lipinski definition) is 4. The van der Waals surface area contributed by atoms with Gasteiger partial charge in [0.1, 0.15) is 0 Å². The molecule has 1 aliphatic rings. The molecule has 1 aliphatic heterocycles. The zero-order valence-corrected chi connectivity index (χ0v) is 15.0. The molecule has 1 aromatic rings. The maximum Gasteiger partial charge on any atom is 0.309 e. The van der Waals surface area contributed by atoms with Gasteiger partial charge in [-0.05, 0) is 24.3 Å². The first kappa shape index (κ1) is 18.9. The molecule has 1 aromatic carbocycles. The minimum Gasteiger partial charge on any atom is -0.469 e. The largest absolute Gasteiger partial charge is 0.469 e. The van der Waals surface area contributed by atoms with Crippen molar-refractivity contribution >= 4 is 23.5 Å². The van der Waals surface area contributed by atoms with Crippen molar-refractivity contribution in [2.75, 3.05) is 46.2 Å². The van der Waals surface area contributed by atoms with Crippen LogP contribution < -0.4 is 10.2 Å². The van der Waals surface area contributed by atoms with E-state index in [1.165, 1.54) is 12.0 Å². The van der Waals surface area contributed by atoms with Crippen LogP contribution in [0.15, 0.2) is 24.3 Å².